The van der Waals surface area contributed by atoms with E-state index in [9.17, 15) is 4.79 Å². The van der Waals surface area contributed by atoms with Crippen LogP contribution in [-0.2, 0) is 9.53 Å². The third-order valence-electron chi connectivity index (χ3n) is 3.14. The molecule has 0 amide bonds. The summed E-state index contributed by atoms with van der Waals surface area (Å²) in [4.78, 5) is 14.5. The van der Waals surface area contributed by atoms with Gasteiger partial charge in [-0.05, 0) is 31.2 Å². The third-order valence-corrected chi connectivity index (χ3v) is 3.14. The molecule has 1 aliphatic carbocycles. The monoisotopic (exact) mass is 211 g/mol. The molecule has 0 aromatic rings. The number of methoxy groups -OCH3 is 1. The van der Waals surface area contributed by atoms with Crippen molar-refractivity contribution < 1.29 is 9.53 Å². The van der Waals surface area contributed by atoms with Gasteiger partial charge in [-0.15, -0.1) is 0 Å². The maximum absolute atomic E-state index is 11.7. The van der Waals surface area contributed by atoms with Crippen LogP contribution in [0.4, 0.5) is 0 Å². The minimum Gasteiger partial charge on any atom is -0.469 e. The molecule has 15 heavy (non-hydrogen) atoms. The van der Waals surface area contributed by atoms with Gasteiger partial charge < -0.3 is 4.74 Å². The molecule has 0 N–H and O–H groups in total. The minimum atomic E-state index is -0.400. The standard InChI is InChI=1S/C10H17N3O2/c1-3-5-10(9(14)15-2)6-4-8(7-10)12-13-11/h8H,3-7H2,1-2H3/t8-,10-/m1/s1. The summed E-state index contributed by atoms with van der Waals surface area (Å²) in [6, 6.07) is -0.0411. The predicted molar refractivity (Wildman–Crippen MR) is 56.1 cm³/mol. The summed E-state index contributed by atoms with van der Waals surface area (Å²) >= 11 is 0. The Morgan fingerprint density at radius 2 is 2.47 bits per heavy atom. The van der Waals surface area contributed by atoms with Gasteiger partial charge in [0.25, 0.3) is 0 Å². The zero-order valence-corrected chi connectivity index (χ0v) is 9.27. The Hall–Kier alpha value is -1.22. The summed E-state index contributed by atoms with van der Waals surface area (Å²) in [5.41, 5.74) is 7.96. The van der Waals surface area contributed by atoms with Crippen molar-refractivity contribution in [1.29, 1.82) is 0 Å². The lowest BCUT2D eigenvalue weighted by Crippen LogP contribution is -2.30. The third kappa shape index (κ3) is 2.42. The largest absolute Gasteiger partial charge is 0.469 e. The Morgan fingerprint density at radius 3 is 3.00 bits per heavy atom. The first-order chi connectivity index (χ1) is 7.18. The molecule has 0 aliphatic heterocycles. The van der Waals surface area contributed by atoms with Crippen molar-refractivity contribution in [2.75, 3.05) is 7.11 Å². The van der Waals surface area contributed by atoms with Crippen LogP contribution in [0.25, 0.3) is 10.4 Å². The molecule has 0 saturated heterocycles. The summed E-state index contributed by atoms with van der Waals surface area (Å²) in [5, 5.41) is 3.69. The maximum atomic E-state index is 11.7. The number of carbonyl (C=O) groups excluding carboxylic acids is 1. The molecule has 0 spiro atoms. The van der Waals surface area contributed by atoms with Crippen LogP contribution in [0.5, 0.6) is 0 Å². The SMILES string of the molecule is CCC[C@@]1(C(=O)OC)CC[C@@H](N=[N+]=[N-])C1. The normalized spacial score (nSPS) is 29.6. The molecule has 0 unspecified atom stereocenters. The van der Waals surface area contributed by atoms with Crippen molar-refractivity contribution in [1.82, 2.24) is 0 Å². The quantitative estimate of drug-likeness (QED) is 0.310. The summed E-state index contributed by atoms with van der Waals surface area (Å²) in [6.07, 6.45) is 3.96. The van der Waals surface area contributed by atoms with Gasteiger partial charge in [0.05, 0.1) is 12.5 Å². The second kappa shape index (κ2) is 5.03. The second-order valence-corrected chi connectivity index (χ2v) is 4.12. The van der Waals surface area contributed by atoms with Crippen molar-refractivity contribution >= 4 is 5.97 Å². The zero-order valence-electron chi connectivity index (χ0n) is 9.27. The number of hydrogen-bond donors (Lipinski definition) is 0. The first kappa shape index (κ1) is 11.9. The van der Waals surface area contributed by atoms with Gasteiger partial charge in [-0.2, -0.15) is 0 Å². The van der Waals surface area contributed by atoms with Crippen molar-refractivity contribution in [2.45, 2.75) is 45.1 Å². The molecule has 0 aromatic heterocycles. The van der Waals surface area contributed by atoms with E-state index in [1.165, 1.54) is 7.11 Å². The van der Waals surface area contributed by atoms with E-state index in [-0.39, 0.29) is 12.0 Å². The fourth-order valence-electron chi connectivity index (χ4n) is 2.48. The highest BCUT2D eigenvalue weighted by Gasteiger charge is 2.45. The van der Waals surface area contributed by atoms with Crippen LogP contribution in [0, 0.1) is 5.41 Å². The van der Waals surface area contributed by atoms with E-state index < -0.39 is 5.41 Å². The van der Waals surface area contributed by atoms with Crippen LogP contribution in [0.1, 0.15) is 39.0 Å². The zero-order chi connectivity index (χ0) is 11.3. The predicted octanol–water partition coefficient (Wildman–Crippen LogP) is 2.81. The molecule has 84 valence electrons. The summed E-state index contributed by atoms with van der Waals surface area (Å²) in [7, 11) is 1.42. The molecule has 0 bridgehead atoms. The number of rotatable bonds is 4. The summed E-state index contributed by atoms with van der Waals surface area (Å²) < 4.78 is 4.84. The van der Waals surface area contributed by atoms with E-state index >= 15 is 0 Å². The number of azide groups is 1. The number of esters is 1. The molecular weight excluding hydrogens is 194 g/mol. The molecule has 0 heterocycles. The molecule has 1 rings (SSSR count). The van der Waals surface area contributed by atoms with Gasteiger partial charge in [-0.25, -0.2) is 0 Å². The smallest absolute Gasteiger partial charge is 0.311 e. The first-order valence-electron chi connectivity index (χ1n) is 5.31. The fraction of sp³-hybridized carbons (Fsp3) is 0.900. The molecule has 1 aliphatic rings. The van der Waals surface area contributed by atoms with Crippen LogP contribution in [0.2, 0.25) is 0 Å². The van der Waals surface area contributed by atoms with E-state index in [4.69, 9.17) is 10.3 Å². The highest BCUT2D eigenvalue weighted by Crippen LogP contribution is 2.44. The Bertz CT molecular complexity index is 286. The van der Waals surface area contributed by atoms with Crippen LogP contribution < -0.4 is 0 Å². The molecule has 0 aromatic carbocycles. The van der Waals surface area contributed by atoms with E-state index in [1.807, 2.05) is 6.92 Å². The van der Waals surface area contributed by atoms with Crippen LogP contribution in [0.15, 0.2) is 5.11 Å². The Labute approximate surface area is 89.4 Å². The summed E-state index contributed by atoms with van der Waals surface area (Å²) in [6.45, 7) is 2.05. The topological polar surface area (TPSA) is 75.1 Å². The molecule has 0 radical (unpaired) electrons. The number of carbonyl (C=O) groups is 1. The van der Waals surface area contributed by atoms with Crippen LogP contribution in [0.3, 0.4) is 0 Å². The summed E-state index contributed by atoms with van der Waals surface area (Å²) in [5.74, 6) is -0.153. The van der Waals surface area contributed by atoms with Crippen LogP contribution in [-0.4, -0.2) is 19.1 Å². The average Bonchev–Trinajstić information content (AvgIpc) is 2.63. The van der Waals surface area contributed by atoms with E-state index in [2.05, 4.69) is 10.0 Å². The van der Waals surface area contributed by atoms with Crippen molar-refractivity contribution in [3.63, 3.8) is 0 Å². The van der Waals surface area contributed by atoms with E-state index in [1.54, 1.807) is 0 Å². The Kier molecular flexibility index (Phi) is 3.97. The van der Waals surface area contributed by atoms with Gasteiger partial charge in [0.15, 0.2) is 0 Å². The number of hydrogen-bond acceptors (Lipinski definition) is 3. The number of ether oxygens (including phenoxy) is 1. The molecular formula is C10H17N3O2. The Balaban J connectivity index is 2.77. The first-order valence-corrected chi connectivity index (χ1v) is 5.31. The number of nitrogens with zero attached hydrogens (tertiary/aromatic N) is 3. The molecule has 2 atom stereocenters. The van der Waals surface area contributed by atoms with Gasteiger partial charge in [0, 0.05) is 11.0 Å². The highest BCUT2D eigenvalue weighted by molar-refractivity contribution is 5.77. The van der Waals surface area contributed by atoms with Crippen molar-refractivity contribution in [3.8, 4) is 0 Å². The fourth-order valence-corrected chi connectivity index (χ4v) is 2.48. The molecule has 5 heteroatoms. The van der Waals surface area contributed by atoms with Gasteiger partial charge in [-0.3, -0.25) is 4.79 Å². The van der Waals surface area contributed by atoms with Crippen molar-refractivity contribution in [2.24, 2.45) is 10.5 Å². The lowest BCUT2D eigenvalue weighted by atomic mass is 9.81. The average molecular weight is 211 g/mol. The lowest BCUT2D eigenvalue weighted by Gasteiger charge is -2.25. The van der Waals surface area contributed by atoms with Gasteiger partial charge in [0.2, 0.25) is 0 Å². The Morgan fingerprint density at radius 1 is 1.73 bits per heavy atom. The lowest BCUT2D eigenvalue weighted by molar-refractivity contribution is -0.153. The minimum absolute atomic E-state index is 0.0411. The highest BCUT2D eigenvalue weighted by atomic mass is 16.5. The maximum Gasteiger partial charge on any atom is 0.311 e. The van der Waals surface area contributed by atoms with Gasteiger partial charge in [0.1, 0.15) is 0 Å². The molecule has 1 fully saturated rings. The van der Waals surface area contributed by atoms with Crippen LogP contribution >= 0.6 is 0 Å². The molecule has 1 saturated carbocycles. The van der Waals surface area contributed by atoms with Gasteiger partial charge in [-0.1, -0.05) is 18.5 Å². The molecule has 5 nitrogen and oxygen atoms in total. The van der Waals surface area contributed by atoms with E-state index in [0.717, 1.165) is 25.7 Å². The van der Waals surface area contributed by atoms with E-state index in [0.29, 0.717) is 6.42 Å². The van der Waals surface area contributed by atoms with Crippen molar-refractivity contribution in [3.05, 3.63) is 10.4 Å². The second-order valence-electron chi connectivity index (χ2n) is 4.12. The van der Waals surface area contributed by atoms with Gasteiger partial charge >= 0.3 is 5.97 Å².